The number of hydrogen-bond donors (Lipinski definition) is 3. The van der Waals surface area contributed by atoms with Crippen LogP contribution >= 0.6 is 11.8 Å². The summed E-state index contributed by atoms with van der Waals surface area (Å²) in [6.45, 7) is 2.76. The number of pyridine rings is 1. The van der Waals surface area contributed by atoms with Crippen LogP contribution in [0.1, 0.15) is 29.4 Å². The van der Waals surface area contributed by atoms with Crippen LogP contribution in [0.3, 0.4) is 0 Å². The van der Waals surface area contributed by atoms with E-state index >= 15 is 4.39 Å². The van der Waals surface area contributed by atoms with Crippen molar-refractivity contribution in [1.29, 1.82) is 0 Å². The summed E-state index contributed by atoms with van der Waals surface area (Å²) in [5.41, 5.74) is -4.35. The molecule has 4 rings (SSSR count). The minimum Gasteiger partial charge on any atom is -0.495 e. The molecule has 0 bridgehead atoms. The van der Waals surface area contributed by atoms with Crippen molar-refractivity contribution in [2.75, 3.05) is 51.5 Å². The minimum atomic E-state index is -4.56. The molecule has 1 aliphatic heterocycles. The first-order chi connectivity index (χ1) is 18.9. The number of carbonyl (C=O) groups excluding carboxylic acids is 1. The second kappa shape index (κ2) is 11.9. The first-order valence-corrected chi connectivity index (χ1v) is 13.3. The van der Waals surface area contributed by atoms with Crippen LogP contribution in [0.5, 0.6) is 5.75 Å². The zero-order valence-corrected chi connectivity index (χ0v) is 23.3. The van der Waals surface area contributed by atoms with Crippen LogP contribution < -0.4 is 20.7 Å². The van der Waals surface area contributed by atoms with Gasteiger partial charge in [0.1, 0.15) is 23.4 Å². The van der Waals surface area contributed by atoms with Crippen LogP contribution in [0.15, 0.2) is 41.3 Å². The molecule has 0 saturated carbocycles. The SMILES string of the molecule is CNC(=O)c1ccc(NCC#Cc2nn3c(N[C@]4(C)CCN(C)C[C@H]4F)cccc3c2SC(F)(F)F)c(OC)c1. The summed E-state index contributed by atoms with van der Waals surface area (Å²) in [6.07, 6.45) is -0.674. The van der Waals surface area contributed by atoms with Crippen LogP contribution in [0.4, 0.5) is 29.1 Å². The fraction of sp³-hybridized carbons (Fsp3) is 0.407. The molecule has 0 spiro atoms. The van der Waals surface area contributed by atoms with Crippen LogP contribution in [0.2, 0.25) is 0 Å². The Kier molecular flexibility index (Phi) is 8.70. The third-order valence-corrected chi connectivity index (χ3v) is 7.52. The van der Waals surface area contributed by atoms with Gasteiger partial charge in [-0.25, -0.2) is 8.91 Å². The molecular formula is C27H30F4N6O2S. The molecule has 2 atom stereocenters. The molecule has 3 aromatic rings. The molecule has 214 valence electrons. The molecule has 1 aliphatic rings. The lowest BCUT2D eigenvalue weighted by Gasteiger charge is -2.41. The monoisotopic (exact) mass is 578 g/mol. The number of anilines is 2. The van der Waals surface area contributed by atoms with Crippen molar-refractivity contribution in [2.45, 2.75) is 35.5 Å². The standard InChI is InChI=1S/C27H30F4N6O2S/c1-26(12-14-36(3)16-22(26)28)34-23-9-5-8-20-24(40-27(29,30)31)19(35-37(20)23)7-6-13-33-18-11-10-17(25(38)32-2)15-21(18)39-4/h5,8-11,15,22,33-34H,12-14,16H2,1-4H3,(H,32,38)/t22-,26-/m1/s1. The number of alkyl halides is 4. The number of hydrogen-bond acceptors (Lipinski definition) is 7. The minimum absolute atomic E-state index is 0.0503. The van der Waals surface area contributed by atoms with Crippen molar-refractivity contribution < 1.29 is 27.1 Å². The zero-order chi connectivity index (χ0) is 29.1. The van der Waals surface area contributed by atoms with Gasteiger partial charge in [0.25, 0.3) is 5.91 Å². The highest BCUT2D eigenvalue weighted by molar-refractivity contribution is 8.00. The normalized spacial score (nSPS) is 19.6. The molecule has 3 N–H and O–H groups in total. The molecule has 1 amide bonds. The molecule has 1 saturated heterocycles. The highest BCUT2D eigenvalue weighted by atomic mass is 32.2. The highest BCUT2D eigenvalue weighted by Gasteiger charge is 2.39. The summed E-state index contributed by atoms with van der Waals surface area (Å²) in [6, 6.07) is 9.62. The van der Waals surface area contributed by atoms with E-state index in [1.165, 1.54) is 24.7 Å². The lowest BCUT2D eigenvalue weighted by molar-refractivity contribution is -0.0327. The smallest absolute Gasteiger partial charge is 0.446 e. The van der Waals surface area contributed by atoms with E-state index in [1.54, 1.807) is 37.3 Å². The number of aromatic nitrogens is 2. The van der Waals surface area contributed by atoms with E-state index in [4.69, 9.17) is 4.74 Å². The van der Waals surface area contributed by atoms with Gasteiger partial charge in [-0.15, -0.1) is 0 Å². The van der Waals surface area contributed by atoms with Crippen molar-refractivity contribution >= 4 is 34.7 Å². The largest absolute Gasteiger partial charge is 0.495 e. The molecule has 2 aromatic heterocycles. The van der Waals surface area contributed by atoms with Gasteiger partial charge in [0, 0.05) is 25.7 Å². The van der Waals surface area contributed by atoms with Gasteiger partial charge in [0.05, 0.1) is 35.3 Å². The third-order valence-electron chi connectivity index (χ3n) is 6.68. The maximum atomic E-state index is 15.0. The summed E-state index contributed by atoms with van der Waals surface area (Å²) in [5.74, 6) is 6.08. The van der Waals surface area contributed by atoms with Crippen LogP contribution in [-0.4, -0.2) is 78.5 Å². The Balaban J connectivity index is 1.62. The van der Waals surface area contributed by atoms with E-state index in [9.17, 15) is 18.0 Å². The molecule has 13 heteroatoms. The number of ether oxygens (including phenoxy) is 1. The van der Waals surface area contributed by atoms with Crippen molar-refractivity contribution in [3.05, 3.63) is 47.7 Å². The molecule has 3 heterocycles. The van der Waals surface area contributed by atoms with Gasteiger partial charge < -0.3 is 25.6 Å². The van der Waals surface area contributed by atoms with E-state index < -0.39 is 17.2 Å². The second-order valence-corrected chi connectivity index (χ2v) is 10.7. The van der Waals surface area contributed by atoms with Crippen molar-refractivity contribution in [2.24, 2.45) is 0 Å². The number of amides is 1. The quantitative estimate of drug-likeness (QED) is 0.214. The van der Waals surface area contributed by atoms with E-state index in [2.05, 4.69) is 32.9 Å². The summed E-state index contributed by atoms with van der Waals surface area (Å²) < 4.78 is 62.2. The van der Waals surface area contributed by atoms with Crippen molar-refractivity contribution in [3.63, 3.8) is 0 Å². The molecule has 0 aliphatic carbocycles. The highest BCUT2D eigenvalue weighted by Crippen LogP contribution is 2.41. The Morgan fingerprint density at radius 3 is 2.75 bits per heavy atom. The first kappa shape index (κ1) is 29.4. The van der Waals surface area contributed by atoms with Gasteiger partial charge in [0.2, 0.25) is 0 Å². The fourth-order valence-electron chi connectivity index (χ4n) is 4.41. The Labute approximate surface area is 233 Å². The fourth-order valence-corrected chi connectivity index (χ4v) is 5.09. The maximum Gasteiger partial charge on any atom is 0.446 e. The molecule has 1 aromatic carbocycles. The molecule has 8 nitrogen and oxygen atoms in total. The summed E-state index contributed by atoms with van der Waals surface area (Å²) in [7, 11) is 4.82. The Bertz CT molecular complexity index is 1450. The number of piperidine rings is 1. The lowest BCUT2D eigenvalue weighted by Crippen LogP contribution is -2.55. The van der Waals surface area contributed by atoms with Gasteiger partial charge in [-0.2, -0.15) is 18.3 Å². The average molecular weight is 579 g/mol. The summed E-state index contributed by atoms with van der Waals surface area (Å²) in [4.78, 5) is 13.6. The average Bonchev–Trinajstić information content (AvgIpc) is 3.25. The zero-order valence-electron chi connectivity index (χ0n) is 22.4. The van der Waals surface area contributed by atoms with Crippen LogP contribution in [0, 0.1) is 11.8 Å². The number of likely N-dealkylation sites (tertiary alicyclic amines) is 1. The number of nitrogens with zero attached hydrogens (tertiary/aromatic N) is 3. The maximum absolute atomic E-state index is 15.0. The number of rotatable bonds is 7. The Hall–Kier alpha value is -3.63. The lowest BCUT2D eigenvalue weighted by atomic mass is 9.88. The molecule has 0 radical (unpaired) electrons. The summed E-state index contributed by atoms with van der Waals surface area (Å²) >= 11 is -0.287. The number of thioether (sulfide) groups is 1. The Morgan fingerprint density at radius 1 is 1.30 bits per heavy atom. The third kappa shape index (κ3) is 6.56. The predicted octanol–water partition coefficient (Wildman–Crippen LogP) is 4.62. The van der Waals surface area contributed by atoms with Crippen molar-refractivity contribution in [3.8, 4) is 17.6 Å². The number of nitrogens with one attached hydrogen (secondary N) is 3. The number of benzene rings is 1. The molecule has 1 fully saturated rings. The van der Waals surface area contributed by atoms with E-state index in [0.717, 1.165) is 0 Å². The second-order valence-electron chi connectivity index (χ2n) is 9.61. The van der Waals surface area contributed by atoms with Gasteiger partial charge >= 0.3 is 5.51 Å². The van der Waals surface area contributed by atoms with Gasteiger partial charge in [0.15, 0.2) is 0 Å². The summed E-state index contributed by atoms with van der Waals surface area (Å²) in [5, 5.41) is 13.2. The van der Waals surface area contributed by atoms with E-state index in [-0.39, 0.29) is 46.9 Å². The Morgan fingerprint density at radius 2 is 2.08 bits per heavy atom. The van der Waals surface area contributed by atoms with Crippen molar-refractivity contribution in [1.82, 2.24) is 19.8 Å². The molecular weight excluding hydrogens is 548 g/mol. The topological polar surface area (TPSA) is 82.9 Å². The van der Waals surface area contributed by atoms with Gasteiger partial charge in [-0.1, -0.05) is 12.0 Å². The number of carbonyl (C=O) groups is 1. The van der Waals surface area contributed by atoms with E-state index in [0.29, 0.717) is 35.8 Å². The van der Waals surface area contributed by atoms with Gasteiger partial charge in [-0.05, 0) is 68.4 Å². The number of methoxy groups -OCH3 is 1. The van der Waals surface area contributed by atoms with Gasteiger partial charge in [-0.3, -0.25) is 4.79 Å². The number of fused-ring (bicyclic) bond motifs is 1. The first-order valence-electron chi connectivity index (χ1n) is 12.5. The number of halogens is 4. The van der Waals surface area contributed by atoms with Crippen LogP contribution in [0.25, 0.3) is 5.52 Å². The predicted molar refractivity (Wildman–Crippen MR) is 148 cm³/mol. The molecule has 40 heavy (non-hydrogen) atoms. The van der Waals surface area contributed by atoms with E-state index in [1.807, 2.05) is 11.9 Å². The van der Waals surface area contributed by atoms with Crippen LogP contribution in [-0.2, 0) is 0 Å². The molecule has 0 unspecified atom stereocenters.